The Bertz CT molecular complexity index is 448. The number of rotatable bonds is 3. The third-order valence-corrected chi connectivity index (χ3v) is 3.60. The Morgan fingerprint density at radius 1 is 1.63 bits per heavy atom. The second-order valence-corrected chi connectivity index (χ2v) is 5.02. The van der Waals surface area contributed by atoms with Crippen LogP contribution in [0, 0.1) is 29.6 Å². The van der Waals surface area contributed by atoms with E-state index in [9.17, 15) is 9.90 Å². The molecule has 5 atom stereocenters. The number of carboxylic acid groups (broad SMARTS) is 1. The van der Waals surface area contributed by atoms with Crippen molar-refractivity contribution in [1.29, 1.82) is 0 Å². The molecule has 0 aromatic heterocycles. The number of hydrogen-bond donors (Lipinski definition) is 3. The van der Waals surface area contributed by atoms with Crippen molar-refractivity contribution in [3.8, 4) is 11.8 Å². The number of nitrogens with zero attached hydrogens (tertiary/aromatic N) is 1. The van der Waals surface area contributed by atoms with Crippen LogP contribution >= 0.6 is 0 Å². The lowest BCUT2D eigenvalue weighted by molar-refractivity contribution is -0.142. The Hall–Kier alpha value is -1.58. The normalized spacial score (nSPS) is 35.8. The van der Waals surface area contributed by atoms with Gasteiger partial charge < -0.3 is 20.2 Å². The van der Waals surface area contributed by atoms with Gasteiger partial charge in [0.1, 0.15) is 6.10 Å². The fourth-order valence-electron chi connectivity index (χ4n) is 2.65. The standard InChI is InChI=1S/C13H17NO5/c1-7(15)2-3-8-4-9-10(13(8)18)5-11(9)14-19-6-12(16)17/h7-10,13,15,18H,4-6H2,1H3,(H,16,17). The van der Waals surface area contributed by atoms with Gasteiger partial charge in [-0.1, -0.05) is 17.0 Å². The van der Waals surface area contributed by atoms with E-state index < -0.39 is 24.8 Å². The molecule has 2 aliphatic rings. The van der Waals surface area contributed by atoms with Crippen LogP contribution in [0.1, 0.15) is 19.8 Å². The van der Waals surface area contributed by atoms with Gasteiger partial charge in [-0.3, -0.25) is 0 Å². The van der Waals surface area contributed by atoms with Crippen molar-refractivity contribution in [2.45, 2.75) is 32.0 Å². The summed E-state index contributed by atoms with van der Waals surface area (Å²) in [5.74, 6) is 4.57. The first kappa shape index (κ1) is 13.8. The van der Waals surface area contributed by atoms with Gasteiger partial charge in [-0.25, -0.2) is 4.79 Å². The van der Waals surface area contributed by atoms with Crippen molar-refractivity contribution in [2.24, 2.45) is 22.9 Å². The van der Waals surface area contributed by atoms with E-state index in [1.54, 1.807) is 6.92 Å². The fourth-order valence-corrected chi connectivity index (χ4v) is 2.65. The first-order valence-electron chi connectivity index (χ1n) is 6.26. The zero-order valence-corrected chi connectivity index (χ0v) is 10.6. The molecule has 0 aliphatic heterocycles. The Kier molecular flexibility index (Phi) is 4.08. The van der Waals surface area contributed by atoms with Crippen molar-refractivity contribution in [2.75, 3.05) is 6.61 Å². The maximum atomic E-state index is 10.3. The summed E-state index contributed by atoms with van der Waals surface area (Å²) in [5.41, 5.74) is 0.798. The molecule has 3 N–H and O–H groups in total. The molecule has 0 amide bonds. The van der Waals surface area contributed by atoms with Gasteiger partial charge in [0.15, 0.2) is 0 Å². The Morgan fingerprint density at radius 2 is 2.37 bits per heavy atom. The average molecular weight is 267 g/mol. The minimum absolute atomic E-state index is 0.122. The highest BCUT2D eigenvalue weighted by Crippen LogP contribution is 2.47. The van der Waals surface area contributed by atoms with Gasteiger partial charge in [0.2, 0.25) is 6.61 Å². The van der Waals surface area contributed by atoms with Crippen molar-refractivity contribution in [3.05, 3.63) is 0 Å². The number of hydrogen-bond acceptors (Lipinski definition) is 5. The zero-order valence-electron chi connectivity index (χ0n) is 10.6. The quantitative estimate of drug-likeness (QED) is 0.487. The maximum Gasteiger partial charge on any atom is 0.344 e. The molecule has 2 aliphatic carbocycles. The molecule has 6 nitrogen and oxygen atoms in total. The van der Waals surface area contributed by atoms with Crippen LogP contribution in [0.4, 0.5) is 0 Å². The lowest BCUT2D eigenvalue weighted by Crippen LogP contribution is -2.38. The summed E-state index contributed by atoms with van der Waals surface area (Å²) < 4.78 is 0. The molecule has 0 radical (unpaired) electrons. The Balaban J connectivity index is 1.91. The largest absolute Gasteiger partial charge is 0.479 e. The van der Waals surface area contributed by atoms with Gasteiger partial charge in [-0.05, 0) is 25.7 Å². The van der Waals surface area contributed by atoms with E-state index in [-0.39, 0.29) is 17.8 Å². The summed E-state index contributed by atoms with van der Waals surface area (Å²) in [6, 6.07) is 0. The summed E-state index contributed by atoms with van der Waals surface area (Å²) >= 11 is 0. The first-order chi connectivity index (χ1) is 8.99. The number of aliphatic hydroxyl groups is 2. The predicted molar refractivity (Wildman–Crippen MR) is 66.2 cm³/mol. The summed E-state index contributed by atoms with van der Waals surface area (Å²) in [6.45, 7) is 1.13. The third-order valence-electron chi connectivity index (χ3n) is 3.60. The van der Waals surface area contributed by atoms with Crippen LogP contribution in [0.3, 0.4) is 0 Å². The van der Waals surface area contributed by atoms with Crippen molar-refractivity contribution in [3.63, 3.8) is 0 Å². The van der Waals surface area contributed by atoms with Gasteiger partial charge in [0, 0.05) is 11.8 Å². The number of oxime groups is 1. The molecule has 0 aromatic rings. The third kappa shape index (κ3) is 3.06. The van der Waals surface area contributed by atoms with Crippen LogP contribution < -0.4 is 0 Å². The number of aliphatic hydroxyl groups excluding tert-OH is 2. The van der Waals surface area contributed by atoms with Gasteiger partial charge in [-0.2, -0.15) is 0 Å². The molecule has 0 saturated heterocycles. The molecular formula is C13H17NO5. The predicted octanol–water partition coefficient (Wildman–Crippen LogP) is -0.155. The maximum absolute atomic E-state index is 10.3. The highest BCUT2D eigenvalue weighted by atomic mass is 16.6. The molecule has 19 heavy (non-hydrogen) atoms. The minimum Gasteiger partial charge on any atom is -0.479 e. The van der Waals surface area contributed by atoms with E-state index in [1.807, 2.05) is 0 Å². The molecule has 0 heterocycles. The van der Waals surface area contributed by atoms with E-state index in [0.29, 0.717) is 12.8 Å². The smallest absolute Gasteiger partial charge is 0.344 e. The number of carboxylic acids is 1. The second kappa shape index (κ2) is 5.59. The van der Waals surface area contributed by atoms with Gasteiger partial charge >= 0.3 is 5.97 Å². The SMILES string of the molecule is CC(O)C#CC1CC2C(=NOCC(=O)O)CC2C1O. The van der Waals surface area contributed by atoms with E-state index >= 15 is 0 Å². The lowest BCUT2D eigenvalue weighted by atomic mass is 9.73. The Morgan fingerprint density at radius 3 is 3.00 bits per heavy atom. The summed E-state index contributed by atoms with van der Waals surface area (Å²) in [4.78, 5) is 15.0. The van der Waals surface area contributed by atoms with Crippen LogP contribution in [0.15, 0.2) is 5.16 Å². The zero-order chi connectivity index (χ0) is 14.0. The van der Waals surface area contributed by atoms with Crippen molar-refractivity contribution >= 4 is 11.7 Å². The molecule has 6 heteroatoms. The number of carbonyl (C=O) groups is 1. The Labute approximate surface area is 111 Å². The van der Waals surface area contributed by atoms with Gasteiger partial charge in [-0.15, -0.1) is 0 Å². The van der Waals surface area contributed by atoms with Crippen LogP contribution in [0.25, 0.3) is 0 Å². The molecule has 5 unspecified atom stereocenters. The van der Waals surface area contributed by atoms with Crippen LogP contribution in [-0.2, 0) is 9.63 Å². The van der Waals surface area contributed by atoms with Crippen LogP contribution in [0.2, 0.25) is 0 Å². The monoisotopic (exact) mass is 267 g/mol. The molecule has 2 fully saturated rings. The molecule has 104 valence electrons. The van der Waals surface area contributed by atoms with E-state index in [1.165, 1.54) is 0 Å². The summed E-state index contributed by atoms with van der Waals surface area (Å²) in [7, 11) is 0. The number of fused-ring (bicyclic) bond motifs is 1. The van der Waals surface area contributed by atoms with E-state index in [4.69, 9.17) is 15.1 Å². The van der Waals surface area contributed by atoms with E-state index in [0.717, 1.165) is 5.71 Å². The summed E-state index contributed by atoms with van der Waals surface area (Å²) in [6.07, 6.45) is 0.103. The minimum atomic E-state index is -1.06. The molecule has 2 rings (SSSR count). The summed E-state index contributed by atoms with van der Waals surface area (Å²) in [5, 5.41) is 31.4. The van der Waals surface area contributed by atoms with Crippen molar-refractivity contribution < 1.29 is 25.0 Å². The topological polar surface area (TPSA) is 99.4 Å². The molecular weight excluding hydrogens is 250 g/mol. The second-order valence-electron chi connectivity index (χ2n) is 5.02. The van der Waals surface area contributed by atoms with Gasteiger partial charge in [0.25, 0.3) is 0 Å². The van der Waals surface area contributed by atoms with Gasteiger partial charge in [0.05, 0.1) is 11.8 Å². The number of aliphatic carboxylic acids is 1. The average Bonchev–Trinajstić information content (AvgIpc) is 2.54. The molecule has 0 aromatic carbocycles. The molecule has 2 saturated carbocycles. The van der Waals surface area contributed by atoms with Crippen molar-refractivity contribution in [1.82, 2.24) is 0 Å². The van der Waals surface area contributed by atoms with Crippen LogP contribution in [0.5, 0.6) is 0 Å². The fraction of sp³-hybridized carbons (Fsp3) is 0.692. The highest BCUT2D eigenvalue weighted by Gasteiger charge is 2.51. The lowest BCUT2D eigenvalue weighted by Gasteiger charge is -2.33. The van der Waals surface area contributed by atoms with Crippen LogP contribution in [-0.4, -0.2) is 45.8 Å². The first-order valence-corrected chi connectivity index (χ1v) is 6.26. The molecule has 0 spiro atoms. The molecule has 0 bridgehead atoms. The highest BCUT2D eigenvalue weighted by molar-refractivity contribution is 5.93. The van der Waals surface area contributed by atoms with E-state index in [2.05, 4.69) is 17.0 Å².